The van der Waals surface area contributed by atoms with E-state index in [4.69, 9.17) is 9.15 Å². The minimum atomic E-state index is -0.880. The van der Waals surface area contributed by atoms with Gasteiger partial charge in [0.2, 0.25) is 11.8 Å². The first kappa shape index (κ1) is 27.2. The second-order valence-corrected chi connectivity index (χ2v) is 8.49. The molecule has 0 saturated heterocycles. The molecule has 2 aromatic carbocycles. The molecule has 1 atom stereocenters. The van der Waals surface area contributed by atoms with E-state index in [0.29, 0.717) is 37.1 Å². The van der Waals surface area contributed by atoms with E-state index in [1.54, 1.807) is 38.1 Å². The highest BCUT2D eigenvalue weighted by Gasteiger charge is 2.22. The maximum atomic E-state index is 13.1. The molecule has 37 heavy (non-hydrogen) atoms. The van der Waals surface area contributed by atoms with Crippen LogP contribution < -0.4 is 21.6 Å². The molecule has 9 heteroatoms. The number of rotatable bonds is 11. The Kier molecular flexibility index (Phi) is 10.0. The van der Waals surface area contributed by atoms with Gasteiger partial charge in [0.1, 0.15) is 18.2 Å². The van der Waals surface area contributed by atoms with Gasteiger partial charge in [-0.3, -0.25) is 9.59 Å². The average Bonchev–Trinajstić information content (AvgIpc) is 2.87. The van der Waals surface area contributed by atoms with E-state index >= 15 is 0 Å². The Balaban J connectivity index is 1.64. The molecule has 3 N–H and O–H groups in total. The normalized spacial score (nSPS) is 11.7. The van der Waals surface area contributed by atoms with Crippen molar-refractivity contribution in [3.05, 3.63) is 88.3 Å². The Morgan fingerprint density at radius 1 is 1.05 bits per heavy atom. The molecule has 0 fully saturated rings. The minimum Gasteiger partial charge on any atom is -0.445 e. The number of amides is 3. The lowest BCUT2D eigenvalue weighted by atomic mass is 10.1. The van der Waals surface area contributed by atoms with Crippen LogP contribution in [0.1, 0.15) is 37.3 Å². The van der Waals surface area contributed by atoms with Gasteiger partial charge < -0.3 is 25.1 Å². The van der Waals surface area contributed by atoms with Crippen molar-refractivity contribution < 1.29 is 23.5 Å². The molecule has 3 rings (SSSR count). The number of carbonyl (C=O) groups is 3. The van der Waals surface area contributed by atoms with Gasteiger partial charge >= 0.3 is 11.7 Å². The highest BCUT2D eigenvalue weighted by molar-refractivity contribution is 5.98. The second-order valence-electron chi connectivity index (χ2n) is 8.49. The third-order valence-electron chi connectivity index (χ3n) is 5.58. The van der Waals surface area contributed by atoms with Crippen molar-refractivity contribution in [3.63, 3.8) is 0 Å². The molecular weight excluding hydrogens is 474 g/mol. The lowest BCUT2D eigenvalue weighted by Gasteiger charge is -2.19. The summed E-state index contributed by atoms with van der Waals surface area (Å²) in [6, 6.07) is 14.8. The smallest absolute Gasteiger partial charge is 0.408 e. The fourth-order valence-electron chi connectivity index (χ4n) is 3.70. The Morgan fingerprint density at radius 2 is 1.84 bits per heavy atom. The molecule has 1 unspecified atom stereocenters. The summed E-state index contributed by atoms with van der Waals surface area (Å²) in [4.78, 5) is 48.8. The Hall–Kier alpha value is -4.40. The summed E-state index contributed by atoms with van der Waals surface area (Å²) in [6.45, 7) is 4.08. The van der Waals surface area contributed by atoms with E-state index in [-0.39, 0.29) is 12.5 Å². The standard InChI is InChI=1S/C28H31N3O6/c1-3-9-25(32)29-15-8-7-12-23(31-28(35)36-18-20-10-5-4-6-11-20)27(34)30-21-13-14-22-19(2)16-26(33)37-24(22)17-21/h3-6,9-11,13-14,16-17,23H,7-8,12,15,18H2,1-2H3,(H,29,32)(H,30,34)(H,31,35). The van der Waals surface area contributed by atoms with Crippen molar-refractivity contribution in [3.8, 4) is 0 Å². The highest BCUT2D eigenvalue weighted by Crippen LogP contribution is 2.21. The molecule has 0 saturated carbocycles. The van der Waals surface area contributed by atoms with Crippen molar-refractivity contribution in [1.29, 1.82) is 0 Å². The third kappa shape index (κ3) is 8.64. The van der Waals surface area contributed by atoms with Gasteiger partial charge in [-0.25, -0.2) is 9.59 Å². The number of ether oxygens (including phenoxy) is 1. The van der Waals surface area contributed by atoms with Crippen molar-refractivity contribution in [2.75, 3.05) is 11.9 Å². The number of benzene rings is 2. The van der Waals surface area contributed by atoms with Crippen LogP contribution in [0, 0.1) is 6.92 Å². The fourth-order valence-corrected chi connectivity index (χ4v) is 3.70. The van der Waals surface area contributed by atoms with Gasteiger partial charge in [0, 0.05) is 29.8 Å². The van der Waals surface area contributed by atoms with E-state index in [2.05, 4.69) is 16.0 Å². The van der Waals surface area contributed by atoms with Crippen molar-refractivity contribution in [1.82, 2.24) is 10.6 Å². The summed E-state index contributed by atoms with van der Waals surface area (Å²) < 4.78 is 10.5. The van der Waals surface area contributed by atoms with Crippen molar-refractivity contribution in [2.45, 2.75) is 45.8 Å². The monoisotopic (exact) mass is 505 g/mol. The van der Waals surface area contributed by atoms with Crippen LogP contribution in [0.2, 0.25) is 0 Å². The van der Waals surface area contributed by atoms with Gasteiger partial charge in [-0.2, -0.15) is 0 Å². The molecule has 9 nitrogen and oxygen atoms in total. The number of allylic oxidation sites excluding steroid dienone is 1. The number of fused-ring (bicyclic) bond motifs is 1. The van der Waals surface area contributed by atoms with Gasteiger partial charge in [-0.15, -0.1) is 0 Å². The Morgan fingerprint density at radius 3 is 2.59 bits per heavy atom. The van der Waals surface area contributed by atoms with Crippen LogP contribution >= 0.6 is 0 Å². The van der Waals surface area contributed by atoms with Gasteiger partial charge in [0.25, 0.3) is 0 Å². The maximum absolute atomic E-state index is 13.1. The van der Waals surface area contributed by atoms with Crippen LogP contribution in [0.4, 0.5) is 10.5 Å². The number of alkyl carbamates (subject to hydrolysis) is 1. The number of hydrogen-bond acceptors (Lipinski definition) is 6. The van der Waals surface area contributed by atoms with Crippen LogP contribution in [0.15, 0.2) is 76.0 Å². The summed E-state index contributed by atoms with van der Waals surface area (Å²) >= 11 is 0. The van der Waals surface area contributed by atoms with Crippen molar-refractivity contribution in [2.24, 2.45) is 0 Å². The zero-order valence-corrected chi connectivity index (χ0v) is 20.9. The molecule has 3 aromatic rings. The molecule has 3 amide bonds. The predicted octanol–water partition coefficient (Wildman–Crippen LogP) is 4.20. The van der Waals surface area contributed by atoms with E-state index in [0.717, 1.165) is 16.5 Å². The van der Waals surface area contributed by atoms with Gasteiger partial charge in [0.05, 0.1) is 0 Å². The first-order chi connectivity index (χ1) is 17.9. The predicted molar refractivity (Wildman–Crippen MR) is 141 cm³/mol. The molecule has 0 bridgehead atoms. The SMILES string of the molecule is CC=CC(=O)NCCCCC(NC(=O)OCc1ccccc1)C(=O)Nc1ccc2c(C)cc(=O)oc2c1. The third-order valence-corrected chi connectivity index (χ3v) is 5.58. The number of nitrogens with one attached hydrogen (secondary N) is 3. The topological polar surface area (TPSA) is 127 Å². The summed E-state index contributed by atoms with van der Waals surface area (Å²) in [5.74, 6) is -0.624. The molecule has 0 radical (unpaired) electrons. The molecular formula is C28H31N3O6. The fraction of sp³-hybridized carbons (Fsp3) is 0.286. The van der Waals surface area contributed by atoms with Crippen molar-refractivity contribution >= 4 is 34.6 Å². The molecule has 0 aliphatic heterocycles. The number of hydrogen-bond donors (Lipinski definition) is 3. The maximum Gasteiger partial charge on any atom is 0.408 e. The minimum absolute atomic E-state index is 0.0705. The van der Waals surface area contributed by atoms with E-state index < -0.39 is 23.7 Å². The van der Waals surface area contributed by atoms with Crippen LogP contribution in [0.3, 0.4) is 0 Å². The molecule has 1 aromatic heterocycles. The first-order valence-corrected chi connectivity index (χ1v) is 12.1. The summed E-state index contributed by atoms with van der Waals surface area (Å²) in [6.07, 6.45) is 3.89. The van der Waals surface area contributed by atoms with Gasteiger partial charge in [0.15, 0.2) is 0 Å². The molecule has 0 aliphatic carbocycles. The lowest BCUT2D eigenvalue weighted by molar-refractivity contribution is -0.118. The summed E-state index contributed by atoms with van der Waals surface area (Å²) in [5, 5.41) is 8.93. The van der Waals surface area contributed by atoms with E-state index in [1.165, 1.54) is 12.1 Å². The molecule has 194 valence electrons. The second kappa shape index (κ2) is 13.6. The Labute approximate surface area is 214 Å². The molecule has 0 spiro atoms. The van der Waals surface area contributed by atoms with Crippen LogP contribution in [-0.4, -0.2) is 30.5 Å². The number of unbranched alkanes of at least 4 members (excludes halogenated alkanes) is 1. The zero-order chi connectivity index (χ0) is 26.6. The number of anilines is 1. The molecule has 1 heterocycles. The zero-order valence-electron chi connectivity index (χ0n) is 20.9. The molecule has 0 aliphatic rings. The number of aryl methyl sites for hydroxylation is 1. The summed E-state index contributed by atoms with van der Waals surface area (Å²) in [7, 11) is 0. The van der Waals surface area contributed by atoms with Crippen LogP contribution in [0.5, 0.6) is 0 Å². The summed E-state index contributed by atoms with van der Waals surface area (Å²) in [5.41, 5.74) is 1.89. The van der Waals surface area contributed by atoms with Crippen LogP contribution in [-0.2, 0) is 20.9 Å². The quantitative estimate of drug-likeness (QED) is 0.204. The Bertz CT molecular complexity index is 1320. The largest absolute Gasteiger partial charge is 0.445 e. The lowest BCUT2D eigenvalue weighted by Crippen LogP contribution is -2.44. The highest BCUT2D eigenvalue weighted by atomic mass is 16.5. The number of carbonyl (C=O) groups excluding carboxylic acids is 3. The van der Waals surface area contributed by atoms with Gasteiger partial charge in [-0.05, 0) is 62.4 Å². The van der Waals surface area contributed by atoms with E-state index in [1.807, 2.05) is 30.3 Å². The average molecular weight is 506 g/mol. The van der Waals surface area contributed by atoms with Crippen LogP contribution in [0.25, 0.3) is 11.0 Å². The first-order valence-electron chi connectivity index (χ1n) is 12.1. The van der Waals surface area contributed by atoms with E-state index in [9.17, 15) is 19.2 Å². The van der Waals surface area contributed by atoms with Gasteiger partial charge in [-0.1, -0.05) is 36.4 Å².